The summed E-state index contributed by atoms with van der Waals surface area (Å²) in [6, 6.07) is 3.13. The van der Waals surface area contributed by atoms with Crippen molar-refractivity contribution < 1.29 is 34.0 Å². The third kappa shape index (κ3) is 8.80. The number of carbonyl (C=O) groups excluding carboxylic acids is 2. The van der Waals surface area contributed by atoms with Gasteiger partial charge in [0.25, 0.3) is 0 Å². The number of phenols is 1. The molecule has 0 unspecified atom stereocenters. The molecule has 3 rings (SSSR count). The number of aromatic hydroxyl groups is 1. The van der Waals surface area contributed by atoms with Gasteiger partial charge in [-0.3, -0.25) is 9.59 Å². The van der Waals surface area contributed by atoms with Gasteiger partial charge >= 0.3 is 11.9 Å². The first-order valence-electron chi connectivity index (χ1n) is 14.7. The standard InChI is InChI=1S/C30H49N3O7/c1-20(34)7-5-8-23(39-21(2)35)17-27(40-29(37)25(32-4)19-31-3)30(12-14-33-15-13-30)18-22-10-11-26(36)28-24(22)9-6-16-38-28/h10-11,20,23,25,27,31-34,36H,5-9,12-19H2,1-4H3/t20-,23+,25-,27+/m0/s1. The number of benzene rings is 1. The molecule has 226 valence electrons. The van der Waals surface area contributed by atoms with Crippen LogP contribution < -0.4 is 20.7 Å². The van der Waals surface area contributed by atoms with E-state index in [-0.39, 0.29) is 17.7 Å². The monoisotopic (exact) mass is 563 g/mol. The van der Waals surface area contributed by atoms with Crippen molar-refractivity contribution in [3.8, 4) is 11.5 Å². The number of aliphatic hydroxyl groups excluding tert-OH is 1. The van der Waals surface area contributed by atoms with E-state index in [0.717, 1.165) is 49.9 Å². The van der Waals surface area contributed by atoms with Gasteiger partial charge in [-0.1, -0.05) is 6.07 Å². The van der Waals surface area contributed by atoms with Crippen LogP contribution in [-0.4, -0.2) is 86.8 Å². The molecule has 0 bridgehead atoms. The Labute approximate surface area is 238 Å². The molecule has 4 atom stereocenters. The maximum Gasteiger partial charge on any atom is 0.324 e. The molecule has 0 saturated carbocycles. The summed E-state index contributed by atoms with van der Waals surface area (Å²) in [6.07, 6.45) is 4.72. The molecule has 0 aromatic heterocycles. The topological polar surface area (TPSA) is 138 Å². The van der Waals surface area contributed by atoms with Crippen LogP contribution in [0.15, 0.2) is 12.1 Å². The van der Waals surface area contributed by atoms with Gasteiger partial charge in [0.15, 0.2) is 11.5 Å². The van der Waals surface area contributed by atoms with Crippen molar-refractivity contribution in [2.24, 2.45) is 5.41 Å². The number of likely N-dealkylation sites (N-methyl/N-ethyl adjacent to an activating group) is 2. The third-order valence-corrected chi connectivity index (χ3v) is 8.24. The molecule has 5 N–H and O–H groups in total. The Hall–Kier alpha value is -2.40. The molecule has 10 heteroatoms. The number of hydrogen-bond acceptors (Lipinski definition) is 10. The first-order chi connectivity index (χ1) is 19.2. The van der Waals surface area contributed by atoms with Crippen LogP contribution in [0.2, 0.25) is 0 Å². The molecule has 1 saturated heterocycles. The van der Waals surface area contributed by atoms with E-state index in [1.54, 1.807) is 27.1 Å². The molecule has 2 heterocycles. The Morgan fingerprint density at radius 3 is 2.58 bits per heavy atom. The molecule has 1 aromatic carbocycles. The fourth-order valence-corrected chi connectivity index (χ4v) is 6.09. The molecule has 1 aromatic rings. The summed E-state index contributed by atoms with van der Waals surface area (Å²) in [5, 5.41) is 29.8. The van der Waals surface area contributed by atoms with Gasteiger partial charge in [0.2, 0.25) is 0 Å². The molecular weight excluding hydrogens is 514 g/mol. The lowest BCUT2D eigenvalue weighted by atomic mass is 9.67. The van der Waals surface area contributed by atoms with Crippen molar-refractivity contribution in [3.63, 3.8) is 0 Å². The summed E-state index contributed by atoms with van der Waals surface area (Å²) in [6.45, 7) is 5.69. The smallest absolute Gasteiger partial charge is 0.324 e. The van der Waals surface area contributed by atoms with Crippen LogP contribution in [-0.2, 0) is 31.9 Å². The summed E-state index contributed by atoms with van der Waals surface area (Å²) in [5.41, 5.74) is 1.70. The summed E-state index contributed by atoms with van der Waals surface area (Å²) in [7, 11) is 3.53. The van der Waals surface area contributed by atoms with E-state index in [1.165, 1.54) is 6.92 Å². The molecule has 0 aliphatic carbocycles. The van der Waals surface area contributed by atoms with E-state index in [4.69, 9.17) is 14.2 Å². The second-order valence-corrected chi connectivity index (χ2v) is 11.4. The van der Waals surface area contributed by atoms with Crippen LogP contribution in [0.25, 0.3) is 0 Å². The molecular formula is C30H49N3O7. The summed E-state index contributed by atoms with van der Waals surface area (Å²) < 4.78 is 18.0. The minimum absolute atomic E-state index is 0.151. The van der Waals surface area contributed by atoms with Gasteiger partial charge in [0, 0.05) is 30.9 Å². The molecule has 2 aliphatic rings. The molecule has 40 heavy (non-hydrogen) atoms. The van der Waals surface area contributed by atoms with Crippen molar-refractivity contribution in [2.45, 2.75) is 96.0 Å². The maximum atomic E-state index is 13.5. The molecule has 1 fully saturated rings. The first kappa shape index (κ1) is 32.1. The predicted octanol–water partition coefficient (Wildman–Crippen LogP) is 2.22. The Morgan fingerprint density at radius 2 is 1.93 bits per heavy atom. The number of fused-ring (bicyclic) bond motifs is 1. The molecule has 0 spiro atoms. The van der Waals surface area contributed by atoms with Crippen LogP contribution in [0.1, 0.15) is 69.9 Å². The number of ether oxygens (including phenoxy) is 3. The number of piperidine rings is 1. The van der Waals surface area contributed by atoms with Crippen LogP contribution in [0.3, 0.4) is 0 Å². The number of nitrogens with one attached hydrogen (secondary N) is 3. The zero-order valence-corrected chi connectivity index (χ0v) is 24.6. The van der Waals surface area contributed by atoms with Gasteiger partial charge in [-0.2, -0.15) is 0 Å². The summed E-state index contributed by atoms with van der Waals surface area (Å²) >= 11 is 0. The first-order valence-corrected chi connectivity index (χ1v) is 14.7. The van der Waals surface area contributed by atoms with E-state index in [2.05, 4.69) is 16.0 Å². The van der Waals surface area contributed by atoms with Crippen molar-refractivity contribution in [1.29, 1.82) is 0 Å². The number of hydrogen-bond donors (Lipinski definition) is 5. The van der Waals surface area contributed by atoms with Gasteiger partial charge in [-0.25, -0.2) is 0 Å². The summed E-state index contributed by atoms with van der Waals surface area (Å²) in [4.78, 5) is 25.6. The molecule has 10 nitrogen and oxygen atoms in total. The Morgan fingerprint density at radius 1 is 1.18 bits per heavy atom. The van der Waals surface area contributed by atoms with E-state index >= 15 is 0 Å². The number of carbonyl (C=O) groups is 2. The average molecular weight is 564 g/mol. The zero-order valence-electron chi connectivity index (χ0n) is 24.6. The highest BCUT2D eigenvalue weighted by Crippen LogP contribution is 2.44. The normalized spacial score (nSPS) is 19.4. The lowest BCUT2D eigenvalue weighted by Gasteiger charge is -2.45. The fraction of sp³-hybridized carbons (Fsp3) is 0.733. The van der Waals surface area contributed by atoms with E-state index in [9.17, 15) is 19.8 Å². The Bertz CT molecular complexity index is 965. The van der Waals surface area contributed by atoms with Gasteiger partial charge in [-0.05, 0) is 97.1 Å². The quantitative estimate of drug-likeness (QED) is 0.202. The van der Waals surface area contributed by atoms with E-state index in [1.807, 2.05) is 6.07 Å². The lowest BCUT2D eigenvalue weighted by molar-refractivity contribution is -0.166. The second-order valence-electron chi connectivity index (χ2n) is 11.4. The number of rotatable bonds is 15. The van der Waals surface area contributed by atoms with Crippen molar-refractivity contribution >= 4 is 11.9 Å². The number of phenolic OH excluding ortho intramolecular Hbond substituents is 1. The van der Waals surface area contributed by atoms with Crippen molar-refractivity contribution in [3.05, 3.63) is 23.3 Å². The highest BCUT2D eigenvalue weighted by Gasteiger charge is 2.45. The molecule has 0 amide bonds. The zero-order chi connectivity index (χ0) is 29.1. The van der Waals surface area contributed by atoms with Crippen LogP contribution in [0.4, 0.5) is 0 Å². The SMILES string of the molecule is CNC[C@H](NC)C(=O)O[C@H](C[C@@H](CCC[C@H](C)O)OC(C)=O)C1(Cc2ccc(O)c3c2CCCO3)CCNCC1. The van der Waals surface area contributed by atoms with Crippen LogP contribution >= 0.6 is 0 Å². The van der Waals surface area contributed by atoms with Crippen LogP contribution in [0.5, 0.6) is 11.5 Å². The fourth-order valence-electron chi connectivity index (χ4n) is 6.09. The largest absolute Gasteiger partial charge is 0.504 e. The van der Waals surface area contributed by atoms with Crippen LogP contribution in [0, 0.1) is 5.41 Å². The Kier molecular flexibility index (Phi) is 12.5. The van der Waals surface area contributed by atoms with E-state index < -0.39 is 29.8 Å². The highest BCUT2D eigenvalue weighted by molar-refractivity contribution is 5.76. The predicted molar refractivity (Wildman–Crippen MR) is 153 cm³/mol. The highest BCUT2D eigenvalue weighted by atomic mass is 16.6. The Balaban J connectivity index is 1.99. The van der Waals surface area contributed by atoms with Gasteiger partial charge in [0.1, 0.15) is 18.2 Å². The maximum absolute atomic E-state index is 13.5. The lowest BCUT2D eigenvalue weighted by Crippen LogP contribution is -2.52. The van der Waals surface area contributed by atoms with E-state index in [0.29, 0.717) is 51.0 Å². The van der Waals surface area contributed by atoms with Crippen molar-refractivity contribution in [1.82, 2.24) is 16.0 Å². The number of aliphatic hydroxyl groups is 1. The molecule has 0 radical (unpaired) electrons. The minimum atomic E-state index is -0.525. The number of esters is 2. The second kappa shape index (κ2) is 15.6. The van der Waals surface area contributed by atoms with Gasteiger partial charge < -0.3 is 40.4 Å². The molecule has 2 aliphatic heterocycles. The summed E-state index contributed by atoms with van der Waals surface area (Å²) in [5.74, 6) is -0.0137. The van der Waals surface area contributed by atoms with Gasteiger partial charge in [-0.15, -0.1) is 0 Å². The average Bonchev–Trinajstić information content (AvgIpc) is 2.93. The minimum Gasteiger partial charge on any atom is -0.504 e. The van der Waals surface area contributed by atoms with Gasteiger partial charge in [0.05, 0.1) is 12.7 Å². The van der Waals surface area contributed by atoms with Crippen molar-refractivity contribution in [2.75, 3.05) is 40.3 Å². The third-order valence-electron chi connectivity index (χ3n) is 8.24.